The third kappa shape index (κ3) is 3.98. The monoisotopic (exact) mass is 159 g/mol. The van der Waals surface area contributed by atoms with Crippen molar-refractivity contribution in [1.82, 2.24) is 5.32 Å². The maximum Gasteiger partial charge on any atom is 0.248 e. The molecule has 0 fully saturated rings. The van der Waals surface area contributed by atoms with Crippen LogP contribution in [0.2, 0.25) is 0 Å². The molecule has 66 valence electrons. The Morgan fingerprint density at radius 1 is 1.27 bits per heavy atom. The van der Waals surface area contributed by atoms with Crippen molar-refractivity contribution < 1.29 is 9.90 Å². The molecule has 3 heteroatoms. The molecule has 0 saturated carbocycles. The van der Waals surface area contributed by atoms with Gasteiger partial charge in [-0.2, -0.15) is 0 Å². The van der Waals surface area contributed by atoms with Crippen LogP contribution in [-0.2, 0) is 4.79 Å². The summed E-state index contributed by atoms with van der Waals surface area (Å²) in [6.07, 6.45) is -0.906. The highest BCUT2D eigenvalue weighted by Crippen LogP contribution is 1.99. The molecule has 0 aromatic heterocycles. The quantitative estimate of drug-likeness (QED) is 0.631. The molecule has 0 aromatic carbocycles. The van der Waals surface area contributed by atoms with E-state index >= 15 is 0 Å². The summed E-state index contributed by atoms with van der Waals surface area (Å²) in [7, 11) is 0. The van der Waals surface area contributed by atoms with Crippen LogP contribution in [0.25, 0.3) is 0 Å². The molecule has 0 aliphatic rings. The summed E-state index contributed by atoms with van der Waals surface area (Å²) in [5, 5.41) is 11.5. The van der Waals surface area contributed by atoms with Gasteiger partial charge in [-0.1, -0.05) is 13.8 Å². The Labute approximate surface area is 67.8 Å². The molecule has 0 aliphatic heterocycles. The second kappa shape index (κ2) is 4.34. The SMILES string of the molecule is CC(C)[C@@H](C)NC(=O)[C@H](C)O. The number of nitrogens with one attached hydrogen (secondary N) is 1. The van der Waals surface area contributed by atoms with Crippen molar-refractivity contribution in [3.8, 4) is 0 Å². The number of rotatable bonds is 3. The fourth-order valence-corrected chi connectivity index (χ4v) is 0.512. The summed E-state index contributed by atoms with van der Waals surface area (Å²) in [6, 6.07) is 0.122. The molecular formula is C8H17NO2. The first-order valence-electron chi connectivity index (χ1n) is 3.93. The normalized spacial score (nSPS) is 16.2. The van der Waals surface area contributed by atoms with Crippen molar-refractivity contribution in [1.29, 1.82) is 0 Å². The minimum Gasteiger partial charge on any atom is -0.384 e. The van der Waals surface area contributed by atoms with E-state index in [1.54, 1.807) is 0 Å². The molecule has 3 nitrogen and oxygen atoms in total. The van der Waals surface area contributed by atoms with Gasteiger partial charge in [-0.25, -0.2) is 0 Å². The van der Waals surface area contributed by atoms with Crippen LogP contribution in [0, 0.1) is 5.92 Å². The Bertz CT molecular complexity index is 132. The van der Waals surface area contributed by atoms with Crippen molar-refractivity contribution in [3.05, 3.63) is 0 Å². The zero-order valence-corrected chi connectivity index (χ0v) is 7.59. The summed E-state index contributed by atoms with van der Waals surface area (Å²) < 4.78 is 0. The van der Waals surface area contributed by atoms with Crippen LogP contribution < -0.4 is 5.32 Å². The van der Waals surface area contributed by atoms with Gasteiger partial charge < -0.3 is 10.4 Å². The molecule has 2 atom stereocenters. The fraction of sp³-hybridized carbons (Fsp3) is 0.875. The first kappa shape index (κ1) is 10.4. The van der Waals surface area contributed by atoms with Gasteiger partial charge >= 0.3 is 0 Å². The van der Waals surface area contributed by atoms with Crippen LogP contribution >= 0.6 is 0 Å². The predicted octanol–water partition coefficient (Wildman–Crippen LogP) is 0.528. The van der Waals surface area contributed by atoms with E-state index in [0.29, 0.717) is 5.92 Å². The van der Waals surface area contributed by atoms with E-state index < -0.39 is 6.10 Å². The molecule has 11 heavy (non-hydrogen) atoms. The number of carbonyl (C=O) groups is 1. The maximum atomic E-state index is 10.9. The van der Waals surface area contributed by atoms with Gasteiger partial charge in [-0.05, 0) is 19.8 Å². The first-order valence-corrected chi connectivity index (χ1v) is 3.93. The second-order valence-corrected chi connectivity index (χ2v) is 3.22. The van der Waals surface area contributed by atoms with Crippen LogP contribution in [-0.4, -0.2) is 23.2 Å². The van der Waals surface area contributed by atoms with E-state index in [1.165, 1.54) is 6.92 Å². The minimum atomic E-state index is -0.906. The number of aliphatic hydroxyl groups excluding tert-OH is 1. The van der Waals surface area contributed by atoms with Gasteiger partial charge in [-0.15, -0.1) is 0 Å². The Balaban J connectivity index is 3.76. The van der Waals surface area contributed by atoms with Gasteiger partial charge in [0.05, 0.1) is 0 Å². The van der Waals surface area contributed by atoms with Gasteiger partial charge in [0.1, 0.15) is 6.10 Å². The average Bonchev–Trinajstić information content (AvgIpc) is 1.87. The predicted molar refractivity (Wildman–Crippen MR) is 44.1 cm³/mol. The number of carbonyl (C=O) groups excluding carboxylic acids is 1. The summed E-state index contributed by atoms with van der Waals surface area (Å²) in [5.41, 5.74) is 0. The Morgan fingerprint density at radius 3 is 2.00 bits per heavy atom. The first-order chi connectivity index (χ1) is 4.95. The van der Waals surface area contributed by atoms with Crippen LogP contribution in [0.3, 0.4) is 0 Å². The third-order valence-electron chi connectivity index (χ3n) is 1.75. The molecule has 0 saturated heterocycles. The summed E-state index contributed by atoms with van der Waals surface area (Å²) in [5.74, 6) is 0.101. The fourth-order valence-electron chi connectivity index (χ4n) is 0.512. The van der Waals surface area contributed by atoms with Gasteiger partial charge in [0.15, 0.2) is 0 Å². The van der Waals surface area contributed by atoms with E-state index in [1.807, 2.05) is 20.8 Å². The molecule has 0 spiro atoms. The summed E-state index contributed by atoms with van der Waals surface area (Å²) >= 11 is 0. The highest BCUT2D eigenvalue weighted by atomic mass is 16.3. The molecule has 0 aliphatic carbocycles. The zero-order valence-electron chi connectivity index (χ0n) is 7.59. The van der Waals surface area contributed by atoms with E-state index in [-0.39, 0.29) is 11.9 Å². The lowest BCUT2D eigenvalue weighted by Gasteiger charge is -2.18. The van der Waals surface area contributed by atoms with Crippen LogP contribution in [0.1, 0.15) is 27.7 Å². The van der Waals surface area contributed by atoms with Crippen molar-refractivity contribution in [2.24, 2.45) is 5.92 Å². The van der Waals surface area contributed by atoms with Crippen molar-refractivity contribution in [2.45, 2.75) is 39.8 Å². The molecule has 0 heterocycles. The van der Waals surface area contributed by atoms with Crippen LogP contribution in [0.15, 0.2) is 0 Å². The molecule has 0 aromatic rings. The van der Waals surface area contributed by atoms with Gasteiger partial charge in [0, 0.05) is 6.04 Å². The molecule has 0 unspecified atom stereocenters. The third-order valence-corrected chi connectivity index (χ3v) is 1.75. The summed E-state index contributed by atoms with van der Waals surface area (Å²) in [4.78, 5) is 10.9. The Hall–Kier alpha value is -0.570. The van der Waals surface area contributed by atoms with E-state index in [4.69, 9.17) is 5.11 Å². The van der Waals surface area contributed by atoms with Gasteiger partial charge in [0.25, 0.3) is 0 Å². The van der Waals surface area contributed by atoms with Crippen molar-refractivity contribution >= 4 is 5.91 Å². The molecule has 1 amide bonds. The number of hydrogen-bond acceptors (Lipinski definition) is 2. The lowest BCUT2D eigenvalue weighted by Crippen LogP contribution is -2.41. The Morgan fingerprint density at radius 2 is 1.73 bits per heavy atom. The zero-order chi connectivity index (χ0) is 9.02. The van der Waals surface area contributed by atoms with E-state index in [2.05, 4.69) is 5.32 Å². The Kier molecular flexibility index (Phi) is 4.11. The van der Waals surface area contributed by atoms with Crippen molar-refractivity contribution in [3.63, 3.8) is 0 Å². The maximum absolute atomic E-state index is 10.9. The molecule has 0 radical (unpaired) electrons. The second-order valence-electron chi connectivity index (χ2n) is 3.22. The number of hydrogen-bond donors (Lipinski definition) is 2. The highest BCUT2D eigenvalue weighted by molar-refractivity contribution is 5.80. The standard InChI is InChI=1S/C8H17NO2/c1-5(2)6(3)9-8(11)7(4)10/h5-7,10H,1-4H3,(H,9,11)/t6-,7+/m1/s1. The number of amides is 1. The molecule has 0 rings (SSSR count). The molecule has 2 N–H and O–H groups in total. The lowest BCUT2D eigenvalue weighted by molar-refractivity contribution is -0.129. The van der Waals surface area contributed by atoms with Gasteiger partial charge in [0.2, 0.25) is 5.91 Å². The minimum absolute atomic E-state index is 0.122. The largest absolute Gasteiger partial charge is 0.384 e. The molecule has 0 bridgehead atoms. The molecular weight excluding hydrogens is 142 g/mol. The highest BCUT2D eigenvalue weighted by Gasteiger charge is 2.13. The topological polar surface area (TPSA) is 49.3 Å². The van der Waals surface area contributed by atoms with Crippen molar-refractivity contribution in [2.75, 3.05) is 0 Å². The van der Waals surface area contributed by atoms with Gasteiger partial charge in [-0.3, -0.25) is 4.79 Å². The summed E-state index contributed by atoms with van der Waals surface area (Å²) in [6.45, 7) is 7.42. The van der Waals surface area contributed by atoms with Crippen LogP contribution in [0.4, 0.5) is 0 Å². The smallest absolute Gasteiger partial charge is 0.248 e. The average molecular weight is 159 g/mol. The van der Waals surface area contributed by atoms with Crippen LogP contribution in [0.5, 0.6) is 0 Å². The van der Waals surface area contributed by atoms with E-state index in [0.717, 1.165) is 0 Å². The number of aliphatic hydroxyl groups is 1. The van der Waals surface area contributed by atoms with E-state index in [9.17, 15) is 4.79 Å². The lowest BCUT2D eigenvalue weighted by atomic mass is 10.1.